The molecule has 0 amide bonds. The number of ether oxygens (including phenoxy) is 1. The van der Waals surface area contributed by atoms with Crippen LogP contribution in [0.3, 0.4) is 0 Å². The molecule has 0 fully saturated rings. The van der Waals surface area contributed by atoms with Crippen molar-refractivity contribution in [2.45, 2.75) is 33.0 Å². The fourth-order valence-corrected chi connectivity index (χ4v) is 3.80. The number of aromatic amines is 1. The number of rotatable bonds is 3. The maximum absolute atomic E-state index is 5.97. The maximum atomic E-state index is 5.97. The molecule has 4 rings (SSSR count). The second-order valence-corrected chi connectivity index (χ2v) is 7.00. The van der Waals surface area contributed by atoms with Gasteiger partial charge in [0, 0.05) is 5.56 Å². The Kier molecular flexibility index (Phi) is 3.40. The van der Waals surface area contributed by atoms with Gasteiger partial charge in [-0.05, 0) is 24.9 Å². The lowest BCUT2D eigenvalue weighted by molar-refractivity contribution is 0.0381. The van der Waals surface area contributed by atoms with Crippen LogP contribution in [0.25, 0.3) is 11.3 Å². The van der Waals surface area contributed by atoms with Gasteiger partial charge in [-0.1, -0.05) is 18.3 Å². The van der Waals surface area contributed by atoms with Gasteiger partial charge in [0.2, 0.25) is 5.95 Å². The first-order valence-corrected chi connectivity index (χ1v) is 8.56. The number of nitrogens with one attached hydrogen (secondary N) is 2. The van der Waals surface area contributed by atoms with Crippen molar-refractivity contribution in [2.75, 3.05) is 5.32 Å². The Balaban J connectivity index is 1.70. The Hall–Kier alpha value is -1.84. The first kappa shape index (κ1) is 13.8. The quantitative estimate of drug-likeness (QED) is 0.763. The van der Waals surface area contributed by atoms with Crippen LogP contribution in [0.2, 0.25) is 0 Å². The van der Waals surface area contributed by atoms with E-state index in [1.165, 1.54) is 11.5 Å². The Morgan fingerprint density at radius 2 is 2.36 bits per heavy atom. The van der Waals surface area contributed by atoms with Crippen LogP contribution in [0.5, 0.6) is 0 Å². The summed E-state index contributed by atoms with van der Waals surface area (Å²) in [4.78, 5) is 10.1. The van der Waals surface area contributed by atoms with E-state index in [1.54, 1.807) is 11.3 Å². The first-order chi connectivity index (χ1) is 10.7. The van der Waals surface area contributed by atoms with Gasteiger partial charge < -0.3 is 4.74 Å². The number of aromatic nitrogens is 5. The minimum absolute atomic E-state index is 0.0400. The van der Waals surface area contributed by atoms with Crippen LogP contribution >= 0.6 is 22.9 Å². The normalized spacial score (nSPS) is 16.9. The average Bonchev–Trinajstić information content (AvgIpc) is 3.20. The topological polar surface area (TPSA) is 88.6 Å². The number of hydrogen-bond acceptors (Lipinski definition) is 8. The van der Waals surface area contributed by atoms with Gasteiger partial charge in [-0.15, -0.1) is 0 Å². The van der Waals surface area contributed by atoms with Gasteiger partial charge in [0.15, 0.2) is 5.13 Å². The molecule has 1 unspecified atom stereocenters. The van der Waals surface area contributed by atoms with Crippen LogP contribution in [-0.4, -0.2) is 24.5 Å². The van der Waals surface area contributed by atoms with E-state index in [-0.39, 0.29) is 6.10 Å². The van der Waals surface area contributed by atoms with Crippen molar-refractivity contribution in [3.8, 4) is 11.3 Å². The number of nitrogens with zero attached hydrogens (tertiary/aromatic N) is 4. The molecule has 1 aliphatic rings. The average molecular weight is 334 g/mol. The highest BCUT2D eigenvalue weighted by Crippen LogP contribution is 2.40. The highest BCUT2D eigenvalue weighted by Gasteiger charge is 2.27. The van der Waals surface area contributed by atoms with Crippen LogP contribution in [0, 0.1) is 6.92 Å². The van der Waals surface area contributed by atoms with E-state index in [0.29, 0.717) is 12.6 Å². The molecular weight excluding hydrogens is 320 g/mol. The van der Waals surface area contributed by atoms with Crippen LogP contribution in [0.1, 0.15) is 35.0 Å². The molecule has 114 valence electrons. The largest absolute Gasteiger partial charge is 0.366 e. The van der Waals surface area contributed by atoms with Crippen LogP contribution in [-0.2, 0) is 11.3 Å². The molecule has 0 spiro atoms. The Morgan fingerprint density at radius 3 is 3.14 bits per heavy atom. The second-order valence-electron chi connectivity index (χ2n) is 4.96. The van der Waals surface area contributed by atoms with Gasteiger partial charge in [-0.3, -0.25) is 10.4 Å². The molecule has 0 saturated carbocycles. The van der Waals surface area contributed by atoms with E-state index in [2.05, 4.69) is 36.8 Å². The minimum Gasteiger partial charge on any atom is -0.366 e. The zero-order valence-corrected chi connectivity index (χ0v) is 13.7. The fourth-order valence-electron chi connectivity index (χ4n) is 2.47. The minimum atomic E-state index is 0.0400. The predicted molar refractivity (Wildman–Crippen MR) is 85.4 cm³/mol. The van der Waals surface area contributed by atoms with Crippen molar-refractivity contribution in [1.82, 2.24) is 24.5 Å². The summed E-state index contributed by atoms with van der Waals surface area (Å²) in [7, 11) is 0. The third-order valence-corrected chi connectivity index (χ3v) is 5.04. The van der Waals surface area contributed by atoms with Gasteiger partial charge in [-0.2, -0.15) is 9.47 Å². The van der Waals surface area contributed by atoms with Crippen molar-refractivity contribution < 1.29 is 4.74 Å². The molecule has 0 radical (unpaired) electrons. The summed E-state index contributed by atoms with van der Waals surface area (Å²) in [5.74, 6) is 0.589. The van der Waals surface area contributed by atoms with E-state index in [9.17, 15) is 0 Å². The van der Waals surface area contributed by atoms with Gasteiger partial charge >= 0.3 is 0 Å². The lowest BCUT2D eigenvalue weighted by Crippen LogP contribution is -2.02. The summed E-state index contributed by atoms with van der Waals surface area (Å²) in [6.07, 6.45) is 2.76. The smallest absolute Gasteiger partial charge is 0.241 e. The highest BCUT2D eigenvalue weighted by atomic mass is 32.1. The molecule has 0 aliphatic carbocycles. The molecule has 3 aromatic heterocycles. The zero-order chi connectivity index (χ0) is 15.1. The van der Waals surface area contributed by atoms with Gasteiger partial charge in [-0.25, -0.2) is 9.97 Å². The van der Waals surface area contributed by atoms with Crippen LogP contribution in [0.4, 0.5) is 11.1 Å². The summed E-state index contributed by atoms with van der Waals surface area (Å²) in [6, 6.07) is 0. The Bertz CT molecular complexity index is 807. The Morgan fingerprint density at radius 1 is 1.45 bits per heavy atom. The zero-order valence-electron chi connectivity index (χ0n) is 12.1. The standard InChI is InChI=1S/C13H14N6OS2/c1-3-8-10-7(4-14-18-10)11-9(5-20-8)21-13(16-11)17-12-15-6(2)22-19-12/h4,8H,3,5H2,1-2H3,(H,14,18)(H,16,17,19). The third kappa shape index (κ3) is 2.31. The van der Waals surface area contributed by atoms with E-state index in [1.807, 2.05) is 13.1 Å². The van der Waals surface area contributed by atoms with Gasteiger partial charge in [0.05, 0.1) is 35.2 Å². The molecule has 22 heavy (non-hydrogen) atoms. The van der Waals surface area contributed by atoms with Crippen molar-refractivity contribution in [2.24, 2.45) is 0 Å². The Labute approximate surface area is 135 Å². The second kappa shape index (κ2) is 5.41. The van der Waals surface area contributed by atoms with E-state index >= 15 is 0 Å². The molecular formula is C13H14N6OS2. The summed E-state index contributed by atoms with van der Waals surface area (Å²) in [6.45, 7) is 4.58. The summed E-state index contributed by atoms with van der Waals surface area (Å²) in [5, 5.41) is 12.1. The lowest BCUT2D eigenvalue weighted by atomic mass is 10.1. The van der Waals surface area contributed by atoms with Crippen molar-refractivity contribution >= 4 is 33.9 Å². The molecule has 3 aromatic rings. The summed E-state index contributed by atoms with van der Waals surface area (Å²) < 4.78 is 10.2. The fraction of sp³-hybridized carbons (Fsp3) is 0.385. The van der Waals surface area contributed by atoms with Crippen molar-refractivity contribution in [3.63, 3.8) is 0 Å². The van der Waals surface area contributed by atoms with E-state index < -0.39 is 0 Å². The van der Waals surface area contributed by atoms with E-state index in [0.717, 1.165) is 38.4 Å². The predicted octanol–water partition coefficient (Wildman–Crippen LogP) is 3.42. The molecule has 4 heterocycles. The van der Waals surface area contributed by atoms with Crippen LogP contribution in [0.15, 0.2) is 6.20 Å². The number of hydrogen-bond donors (Lipinski definition) is 2. The van der Waals surface area contributed by atoms with Crippen LogP contribution < -0.4 is 5.32 Å². The molecule has 0 bridgehead atoms. The van der Waals surface area contributed by atoms with Gasteiger partial charge in [0.1, 0.15) is 5.01 Å². The number of fused-ring (bicyclic) bond motifs is 3. The summed E-state index contributed by atoms with van der Waals surface area (Å²) in [5.41, 5.74) is 2.95. The molecule has 9 heteroatoms. The first-order valence-electron chi connectivity index (χ1n) is 6.97. The number of H-pyrrole nitrogens is 1. The number of anilines is 2. The molecule has 1 aliphatic heterocycles. The molecule has 1 atom stereocenters. The number of thiazole rings is 1. The third-order valence-electron chi connectivity index (χ3n) is 3.48. The molecule has 0 saturated heterocycles. The highest BCUT2D eigenvalue weighted by molar-refractivity contribution is 7.16. The lowest BCUT2D eigenvalue weighted by Gasteiger charge is -2.12. The van der Waals surface area contributed by atoms with Crippen molar-refractivity contribution in [3.05, 3.63) is 21.8 Å². The monoisotopic (exact) mass is 334 g/mol. The SMILES string of the molecule is CCC1OCc2sc(Nc3nsc(C)n3)nc2-c2cn[nH]c21. The maximum Gasteiger partial charge on any atom is 0.241 e. The summed E-state index contributed by atoms with van der Waals surface area (Å²) >= 11 is 2.94. The van der Waals surface area contributed by atoms with E-state index in [4.69, 9.17) is 4.74 Å². The molecule has 2 N–H and O–H groups in total. The molecule has 7 nitrogen and oxygen atoms in total. The number of aryl methyl sites for hydroxylation is 1. The van der Waals surface area contributed by atoms with Gasteiger partial charge in [0.25, 0.3) is 0 Å². The molecule has 0 aromatic carbocycles. The van der Waals surface area contributed by atoms with Crippen molar-refractivity contribution in [1.29, 1.82) is 0 Å².